The lowest BCUT2D eigenvalue weighted by molar-refractivity contribution is -0.117. The van der Waals surface area contributed by atoms with Crippen LogP contribution in [0.4, 0.5) is 10.8 Å². The number of aryl methyl sites for hydroxylation is 1. The Balaban J connectivity index is 1.65. The first-order chi connectivity index (χ1) is 14.5. The van der Waals surface area contributed by atoms with E-state index in [9.17, 15) is 9.59 Å². The van der Waals surface area contributed by atoms with Crippen molar-refractivity contribution in [2.24, 2.45) is 0 Å². The van der Waals surface area contributed by atoms with Gasteiger partial charge in [-0.05, 0) is 42.7 Å². The van der Waals surface area contributed by atoms with E-state index in [2.05, 4.69) is 29.4 Å². The van der Waals surface area contributed by atoms with Gasteiger partial charge in [-0.1, -0.05) is 49.4 Å². The first-order valence-electron chi connectivity index (χ1n) is 9.86. The monoisotopic (exact) mass is 419 g/mol. The zero-order chi connectivity index (χ0) is 21.5. The number of carbonyl (C=O) groups excluding carboxylic acids is 2. The summed E-state index contributed by atoms with van der Waals surface area (Å²) in [6, 6.07) is 17.5. The fraction of sp³-hybridized carbons (Fsp3) is 0.208. The maximum atomic E-state index is 12.3. The topological polar surface area (TPSA) is 62.3 Å². The molecule has 0 spiro atoms. The van der Waals surface area contributed by atoms with Crippen LogP contribution in [0.1, 0.15) is 43.6 Å². The first-order valence-corrected chi connectivity index (χ1v) is 10.7. The van der Waals surface area contributed by atoms with Gasteiger partial charge in [0.15, 0.2) is 5.13 Å². The number of rotatable bonds is 7. The molecule has 3 aromatic rings. The Morgan fingerprint density at radius 1 is 1.13 bits per heavy atom. The summed E-state index contributed by atoms with van der Waals surface area (Å²) in [4.78, 5) is 30.5. The summed E-state index contributed by atoms with van der Waals surface area (Å²) in [7, 11) is 0. The van der Waals surface area contributed by atoms with E-state index >= 15 is 0 Å². The van der Waals surface area contributed by atoms with Crippen LogP contribution < -0.4 is 10.2 Å². The van der Waals surface area contributed by atoms with Crippen molar-refractivity contribution in [3.05, 3.63) is 82.9 Å². The molecule has 2 amide bonds. The molecule has 0 aliphatic heterocycles. The lowest BCUT2D eigenvalue weighted by atomic mass is 10.1. The molecule has 0 aliphatic carbocycles. The summed E-state index contributed by atoms with van der Waals surface area (Å²) in [5, 5.41) is 5.35. The quantitative estimate of drug-likeness (QED) is 0.530. The maximum Gasteiger partial charge on any atom is 0.244 e. The van der Waals surface area contributed by atoms with Crippen LogP contribution in [-0.2, 0) is 16.0 Å². The summed E-state index contributed by atoms with van der Waals surface area (Å²) in [5.74, 6) is -0.310. The van der Waals surface area contributed by atoms with Crippen molar-refractivity contribution >= 4 is 40.0 Å². The van der Waals surface area contributed by atoms with Crippen molar-refractivity contribution in [1.82, 2.24) is 10.3 Å². The van der Waals surface area contributed by atoms with Gasteiger partial charge >= 0.3 is 0 Å². The molecule has 0 fully saturated rings. The third kappa shape index (κ3) is 5.42. The van der Waals surface area contributed by atoms with Gasteiger partial charge in [0, 0.05) is 18.4 Å². The first kappa shape index (κ1) is 21.5. The zero-order valence-corrected chi connectivity index (χ0v) is 18.1. The highest BCUT2D eigenvalue weighted by molar-refractivity contribution is 7.14. The second kappa shape index (κ2) is 9.98. The fourth-order valence-electron chi connectivity index (χ4n) is 3.01. The van der Waals surface area contributed by atoms with Crippen LogP contribution in [0, 0.1) is 0 Å². The molecule has 0 bridgehead atoms. The second-order valence-corrected chi connectivity index (χ2v) is 7.74. The Bertz CT molecular complexity index is 1030. The average Bonchev–Trinajstić information content (AvgIpc) is 3.21. The molecular weight excluding hydrogens is 394 g/mol. The van der Waals surface area contributed by atoms with Crippen molar-refractivity contribution in [3.63, 3.8) is 0 Å². The van der Waals surface area contributed by atoms with Crippen LogP contribution in [0.25, 0.3) is 6.08 Å². The maximum absolute atomic E-state index is 12.3. The number of benzene rings is 2. The highest BCUT2D eigenvalue weighted by Gasteiger charge is 2.17. The summed E-state index contributed by atoms with van der Waals surface area (Å²) < 4.78 is 0. The number of amides is 2. The van der Waals surface area contributed by atoms with Gasteiger partial charge in [0.05, 0.1) is 17.4 Å². The molecule has 3 rings (SSSR count). The molecule has 1 N–H and O–H groups in total. The van der Waals surface area contributed by atoms with Crippen LogP contribution in [0.15, 0.2) is 66.1 Å². The van der Waals surface area contributed by atoms with E-state index < -0.39 is 0 Å². The zero-order valence-electron chi connectivity index (χ0n) is 17.3. The van der Waals surface area contributed by atoms with Crippen LogP contribution in [0.3, 0.4) is 0 Å². The minimum absolute atomic E-state index is 0.0923. The Hall–Kier alpha value is -3.25. The molecule has 0 saturated heterocycles. The van der Waals surface area contributed by atoms with E-state index in [4.69, 9.17) is 0 Å². The molecule has 1 heterocycles. The number of hydrogen-bond donors (Lipinski definition) is 1. The van der Waals surface area contributed by atoms with Crippen molar-refractivity contribution in [2.45, 2.75) is 33.2 Å². The third-order valence-corrected chi connectivity index (χ3v) is 5.53. The van der Waals surface area contributed by atoms with Crippen molar-refractivity contribution < 1.29 is 9.59 Å². The number of thiazole rings is 1. The third-order valence-electron chi connectivity index (χ3n) is 4.68. The van der Waals surface area contributed by atoms with Crippen molar-refractivity contribution in [3.8, 4) is 0 Å². The molecule has 0 radical (unpaired) electrons. The van der Waals surface area contributed by atoms with Gasteiger partial charge in [0.2, 0.25) is 11.8 Å². The van der Waals surface area contributed by atoms with Crippen LogP contribution >= 0.6 is 11.3 Å². The van der Waals surface area contributed by atoms with E-state index in [-0.39, 0.29) is 17.9 Å². The minimum atomic E-state index is -0.192. The van der Waals surface area contributed by atoms with Crippen LogP contribution in [0.2, 0.25) is 0 Å². The molecular formula is C24H25N3O2S. The number of carbonyl (C=O) groups is 2. The molecule has 6 heteroatoms. The van der Waals surface area contributed by atoms with Gasteiger partial charge in [-0.25, -0.2) is 4.98 Å². The molecule has 5 nitrogen and oxygen atoms in total. The molecule has 1 aromatic heterocycles. The molecule has 1 atom stereocenters. The lowest BCUT2D eigenvalue weighted by Crippen LogP contribution is -2.24. The van der Waals surface area contributed by atoms with Gasteiger partial charge in [-0.2, -0.15) is 0 Å². The Morgan fingerprint density at radius 3 is 2.47 bits per heavy atom. The summed E-state index contributed by atoms with van der Waals surface area (Å²) in [5.41, 5.74) is 3.72. The Morgan fingerprint density at radius 2 is 1.83 bits per heavy atom. The standard InChI is InChI=1S/C24H25N3O2S/c1-4-19-10-12-20(13-11-19)17(2)25-23(29)15-14-21-16-30-24(26-21)27(18(3)28)22-8-6-5-7-9-22/h5-17H,4H2,1-3H3,(H,25,29)/b15-14+. The molecule has 1 unspecified atom stereocenters. The van der Waals surface area contributed by atoms with Gasteiger partial charge in [0.1, 0.15) is 0 Å². The molecule has 30 heavy (non-hydrogen) atoms. The second-order valence-electron chi connectivity index (χ2n) is 6.90. The summed E-state index contributed by atoms with van der Waals surface area (Å²) in [6.45, 7) is 5.58. The molecule has 0 aliphatic rings. The number of nitrogens with zero attached hydrogens (tertiary/aromatic N) is 2. The highest BCUT2D eigenvalue weighted by atomic mass is 32.1. The van der Waals surface area contributed by atoms with Crippen LogP contribution in [0.5, 0.6) is 0 Å². The lowest BCUT2D eigenvalue weighted by Gasteiger charge is -2.17. The van der Waals surface area contributed by atoms with E-state index in [1.807, 2.05) is 54.8 Å². The van der Waals surface area contributed by atoms with Gasteiger partial charge < -0.3 is 5.32 Å². The SMILES string of the molecule is CCc1ccc(C(C)NC(=O)/C=C/c2csc(N(C(C)=O)c3ccccc3)n2)cc1. The van der Waals surface area contributed by atoms with Gasteiger partial charge in [0.25, 0.3) is 0 Å². The van der Waals surface area contributed by atoms with Crippen molar-refractivity contribution in [1.29, 1.82) is 0 Å². The largest absolute Gasteiger partial charge is 0.346 e. The number of hydrogen-bond acceptors (Lipinski definition) is 4. The number of anilines is 2. The molecule has 2 aromatic carbocycles. The normalized spacial score (nSPS) is 12.0. The fourth-order valence-corrected chi connectivity index (χ4v) is 3.86. The molecule has 0 saturated carbocycles. The Labute approximate surface area is 181 Å². The van der Waals surface area contributed by atoms with Gasteiger partial charge in [-0.15, -0.1) is 11.3 Å². The van der Waals surface area contributed by atoms with E-state index in [1.165, 1.54) is 29.9 Å². The number of para-hydroxylation sites is 1. The highest BCUT2D eigenvalue weighted by Crippen LogP contribution is 2.29. The van der Waals surface area contributed by atoms with E-state index in [0.29, 0.717) is 10.8 Å². The summed E-state index contributed by atoms with van der Waals surface area (Å²) in [6.07, 6.45) is 4.12. The molecule has 154 valence electrons. The summed E-state index contributed by atoms with van der Waals surface area (Å²) >= 11 is 1.36. The van der Waals surface area contributed by atoms with E-state index in [1.54, 1.807) is 11.0 Å². The predicted molar refractivity (Wildman–Crippen MR) is 123 cm³/mol. The minimum Gasteiger partial charge on any atom is -0.346 e. The average molecular weight is 420 g/mol. The van der Waals surface area contributed by atoms with Crippen molar-refractivity contribution in [2.75, 3.05) is 4.90 Å². The van der Waals surface area contributed by atoms with Gasteiger partial charge in [-0.3, -0.25) is 14.5 Å². The smallest absolute Gasteiger partial charge is 0.244 e. The number of nitrogens with one attached hydrogen (secondary N) is 1. The Kier molecular flexibility index (Phi) is 7.14. The van der Waals surface area contributed by atoms with Crippen LogP contribution in [-0.4, -0.2) is 16.8 Å². The predicted octanol–water partition coefficient (Wildman–Crippen LogP) is 5.28. The van der Waals surface area contributed by atoms with E-state index in [0.717, 1.165) is 17.7 Å². The number of aromatic nitrogens is 1.